The van der Waals surface area contributed by atoms with Crippen LogP contribution in [-0.2, 0) is 10.0 Å². The van der Waals surface area contributed by atoms with E-state index in [1.165, 1.54) is 18.2 Å². The molecule has 0 aliphatic rings. The van der Waals surface area contributed by atoms with Crippen LogP contribution in [0.2, 0.25) is 5.02 Å². The fraction of sp³-hybridized carbons (Fsp3) is 0.500. The van der Waals surface area contributed by atoms with Crippen LogP contribution in [0.4, 0.5) is 0 Å². The molecule has 0 fully saturated rings. The molecule has 5 nitrogen and oxygen atoms in total. The van der Waals surface area contributed by atoms with E-state index < -0.39 is 10.0 Å². The number of benzene rings is 1. The molecule has 116 valence electrons. The molecule has 0 aromatic heterocycles. The van der Waals surface area contributed by atoms with Crippen molar-refractivity contribution in [3.63, 3.8) is 0 Å². The molecule has 0 saturated carbocycles. The summed E-state index contributed by atoms with van der Waals surface area (Å²) >= 11 is 5.92. The van der Waals surface area contributed by atoms with Crippen molar-refractivity contribution in [2.75, 3.05) is 13.2 Å². The molecule has 7 heteroatoms. The minimum absolute atomic E-state index is 0.0238. The minimum Gasteiger partial charge on any atom is -0.396 e. The largest absolute Gasteiger partial charge is 0.396 e. The van der Waals surface area contributed by atoms with Crippen molar-refractivity contribution in [3.05, 3.63) is 28.8 Å². The van der Waals surface area contributed by atoms with Crippen LogP contribution in [0.3, 0.4) is 0 Å². The number of hydrogen-bond donors (Lipinski definition) is 2. The van der Waals surface area contributed by atoms with Gasteiger partial charge < -0.3 is 5.11 Å². The van der Waals surface area contributed by atoms with E-state index in [4.69, 9.17) is 22.0 Å². The maximum absolute atomic E-state index is 12.2. The highest BCUT2D eigenvalue weighted by Gasteiger charge is 2.19. The van der Waals surface area contributed by atoms with Crippen LogP contribution in [0, 0.1) is 17.2 Å². The summed E-state index contributed by atoms with van der Waals surface area (Å²) in [6.45, 7) is 2.30. The Kier molecular flexibility index (Phi) is 7.12. The number of rotatable bonds is 8. The van der Waals surface area contributed by atoms with Crippen LogP contribution >= 0.6 is 11.6 Å². The maximum Gasteiger partial charge on any atom is 0.242 e. The monoisotopic (exact) mass is 330 g/mol. The molecule has 0 saturated heterocycles. The van der Waals surface area contributed by atoms with E-state index in [1.807, 2.05) is 13.0 Å². The van der Waals surface area contributed by atoms with Crippen LogP contribution in [0.15, 0.2) is 23.1 Å². The van der Waals surface area contributed by atoms with E-state index in [2.05, 4.69) is 4.72 Å². The number of nitrogens with one attached hydrogen (secondary N) is 1. The molecule has 2 N–H and O–H groups in total. The fourth-order valence-corrected chi connectivity index (χ4v) is 3.69. The molecule has 0 heterocycles. The molecule has 1 rings (SSSR count). The first-order chi connectivity index (χ1) is 9.94. The third kappa shape index (κ3) is 5.29. The van der Waals surface area contributed by atoms with Crippen molar-refractivity contribution >= 4 is 21.6 Å². The smallest absolute Gasteiger partial charge is 0.242 e. The molecule has 1 aromatic carbocycles. The quantitative estimate of drug-likeness (QED) is 0.765. The summed E-state index contributed by atoms with van der Waals surface area (Å²) < 4.78 is 27.0. The summed E-state index contributed by atoms with van der Waals surface area (Å²) in [6.07, 6.45) is 2.31. The van der Waals surface area contributed by atoms with Crippen molar-refractivity contribution < 1.29 is 13.5 Å². The third-order valence-electron chi connectivity index (χ3n) is 3.15. The third-order valence-corrected chi connectivity index (χ3v) is 5.05. The molecule has 0 aliphatic heterocycles. The minimum atomic E-state index is -3.72. The zero-order valence-electron chi connectivity index (χ0n) is 11.8. The standard InChI is InChI=1S/C14H19ClN2O3S/c1-2-3-11(6-7-18)10-17-21(19,20)14-5-4-12(9-16)8-13(14)15/h4-5,8,11,17-18H,2-3,6-7,10H2,1H3. The SMILES string of the molecule is CCCC(CCO)CNS(=O)(=O)c1ccc(C#N)cc1Cl. The highest BCUT2D eigenvalue weighted by Crippen LogP contribution is 2.22. The Bertz CT molecular complexity index is 605. The van der Waals surface area contributed by atoms with Crippen molar-refractivity contribution in [1.29, 1.82) is 5.26 Å². The van der Waals surface area contributed by atoms with Gasteiger partial charge in [0.1, 0.15) is 4.90 Å². The van der Waals surface area contributed by atoms with Gasteiger partial charge in [-0.05, 0) is 37.0 Å². The molecular weight excluding hydrogens is 312 g/mol. The Morgan fingerprint density at radius 1 is 1.43 bits per heavy atom. The van der Waals surface area contributed by atoms with Gasteiger partial charge in [0.15, 0.2) is 0 Å². The fourth-order valence-electron chi connectivity index (χ4n) is 2.03. The zero-order chi connectivity index (χ0) is 15.9. The lowest BCUT2D eigenvalue weighted by Gasteiger charge is -2.16. The van der Waals surface area contributed by atoms with Gasteiger partial charge in [0.05, 0.1) is 16.7 Å². The molecule has 21 heavy (non-hydrogen) atoms. The number of aliphatic hydroxyl groups excluding tert-OH is 1. The molecule has 0 aliphatic carbocycles. The number of aliphatic hydroxyl groups is 1. The predicted octanol–water partition coefficient (Wildman–Crippen LogP) is 2.29. The number of nitriles is 1. The van der Waals surface area contributed by atoms with E-state index in [0.717, 1.165) is 12.8 Å². The summed E-state index contributed by atoms with van der Waals surface area (Å²) in [7, 11) is -3.72. The van der Waals surface area contributed by atoms with E-state index in [9.17, 15) is 8.42 Å². The van der Waals surface area contributed by atoms with Crippen LogP contribution in [0.25, 0.3) is 0 Å². The molecule has 0 bridgehead atoms. The first kappa shape index (κ1) is 17.9. The zero-order valence-corrected chi connectivity index (χ0v) is 13.4. The number of sulfonamides is 1. The van der Waals surface area contributed by atoms with Crippen molar-refractivity contribution in [3.8, 4) is 6.07 Å². The topological polar surface area (TPSA) is 90.2 Å². The highest BCUT2D eigenvalue weighted by atomic mass is 35.5. The van der Waals surface area contributed by atoms with E-state index in [-0.39, 0.29) is 29.0 Å². The predicted molar refractivity (Wildman–Crippen MR) is 81.5 cm³/mol. The Labute approximate surface area is 130 Å². The summed E-state index contributed by atoms with van der Waals surface area (Å²) in [6, 6.07) is 5.97. The van der Waals surface area contributed by atoms with Gasteiger partial charge in [-0.3, -0.25) is 0 Å². The van der Waals surface area contributed by atoms with Gasteiger partial charge >= 0.3 is 0 Å². The van der Waals surface area contributed by atoms with Crippen LogP contribution in [0.5, 0.6) is 0 Å². The normalized spacial score (nSPS) is 12.9. The molecule has 0 spiro atoms. The van der Waals surface area contributed by atoms with Gasteiger partial charge in [-0.25, -0.2) is 13.1 Å². The van der Waals surface area contributed by atoms with Crippen molar-refractivity contribution in [2.24, 2.45) is 5.92 Å². The van der Waals surface area contributed by atoms with E-state index in [1.54, 1.807) is 0 Å². The van der Waals surface area contributed by atoms with E-state index in [0.29, 0.717) is 12.0 Å². The maximum atomic E-state index is 12.2. The van der Waals surface area contributed by atoms with Gasteiger partial charge in [-0.1, -0.05) is 24.9 Å². The molecule has 0 radical (unpaired) electrons. The molecule has 0 amide bonds. The second kappa shape index (κ2) is 8.35. The lowest BCUT2D eigenvalue weighted by Crippen LogP contribution is -2.30. The average Bonchev–Trinajstić information content (AvgIpc) is 2.45. The number of hydrogen-bond acceptors (Lipinski definition) is 4. The van der Waals surface area contributed by atoms with Gasteiger partial charge in [0.25, 0.3) is 0 Å². The lowest BCUT2D eigenvalue weighted by atomic mass is 10.0. The van der Waals surface area contributed by atoms with Crippen molar-refractivity contribution in [1.82, 2.24) is 4.72 Å². The van der Waals surface area contributed by atoms with Gasteiger partial charge in [0.2, 0.25) is 10.0 Å². The second-order valence-corrected chi connectivity index (χ2v) is 6.92. The molecule has 1 unspecified atom stereocenters. The first-order valence-electron chi connectivity index (χ1n) is 6.74. The van der Waals surface area contributed by atoms with Gasteiger partial charge in [-0.15, -0.1) is 0 Å². The Morgan fingerprint density at radius 2 is 2.14 bits per heavy atom. The molecule has 1 atom stereocenters. The van der Waals surface area contributed by atoms with Gasteiger partial charge in [-0.2, -0.15) is 5.26 Å². The summed E-state index contributed by atoms with van der Waals surface area (Å²) in [5, 5.41) is 17.8. The van der Waals surface area contributed by atoms with Crippen molar-refractivity contribution in [2.45, 2.75) is 31.1 Å². The van der Waals surface area contributed by atoms with Gasteiger partial charge in [0, 0.05) is 13.2 Å². The summed E-state index contributed by atoms with van der Waals surface area (Å²) in [5.41, 5.74) is 0.308. The first-order valence-corrected chi connectivity index (χ1v) is 8.60. The lowest BCUT2D eigenvalue weighted by molar-refractivity contribution is 0.251. The second-order valence-electron chi connectivity index (χ2n) is 4.78. The Balaban J connectivity index is 2.84. The summed E-state index contributed by atoms with van der Waals surface area (Å²) in [5.74, 6) is 0.0898. The molecule has 1 aromatic rings. The van der Waals surface area contributed by atoms with Crippen LogP contribution in [0.1, 0.15) is 31.7 Å². The Hall–Kier alpha value is -1.13. The van der Waals surface area contributed by atoms with Crippen LogP contribution < -0.4 is 4.72 Å². The summed E-state index contributed by atoms with van der Waals surface area (Å²) in [4.78, 5) is -0.0394. The van der Waals surface area contributed by atoms with E-state index >= 15 is 0 Å². The highest BCUT2D eigenvalue weighted by molar-refractivity contribution is 7.89. The molecular formula is C14H19ClN2O3S. The van der Waals surface area contributed by atoms with Crippen LogP contribution in [-0.4, -0.2) is 26.7 Å². The average molecular weight is 331 g/mol. The Morgan fingerprint density at radius 3 is 2.67 bits per heavy atom. The number of halogens is 1. The number of nitrogens with zero attached hydrogens (tertiary/aromatic N) is 1.